The van der Waals surface area contributed by atoms with Crippen LogP contribution in [0.5, 0.6) is 11.5 Å². The molecule has 8 aromatic rings. The van der Waals surface area contributed by atoms with Crippen molar-refractivity contribution in [3.8, 4) is 78.6 Å². The van der Waals surface area contributed by atoms with Gasteiger partial charge in [-0.2, -0.15) is 0 Å². The first kappa shape index (κ1) is 49.6. The number of aromatic hydroxyl groups is 1. The molecule has 0 saturated carbocycles. The van der Waals surface area contributed by atoms with Crippen molar-refractivity contribution in [3.05, 3.63) is 188 Å². The maximum absolute atomic E-state index is 13.3. The van der Waals surface area contributed by atoms with Gasteiger partial charge in [-0.3, -0.25) is 14.8 Å². The van der Waals surface area contributed by atoms with Crippen LogP contribution >= 0.6 is 59.2 Å². The van der Waals surface area contributed by atoms with Crippen LogP contribution < -0.4 is 15.9 Å². The summed E-state index contributed by atoms with van der Waals surface area (Å²) < 4.78 is 47.1. The van der Waals surface area contributed by atoms with Gasteiger partial charge in [-0.05, 0) is 121 Å². The number of hydrogen-bond donors (Lipinski definition) is 2. The largest absolute Gasteiger partial charge is 0.507 e. The van der Waals surface area contributed by atoms with Crippen molar-refractivity contribution in [2.24, 2.45) is 0 Å². The lowest BCUT2D eigenvalue weighted by atomic mass is 9.97. The lowest BCUT2D eigenvalue weighted by Gasteiger charge is -2.16. The highest BCUT2D eigenvalue weighted by Crippen LogP contribution is 2.41. The molecule has 0 radical (unpaired) electrons. The predicted molar refractivity (Wildman–Crippen MR) is 267 cm³/mol. The molecule has 0 fully saturated rings. The summed E-state index contributed by atoms with van der Waals surface area (Å²) in [6, 6.07) is 29.4. The molecule has 2 N–H and O–H groups in total. The third-order valence-electron chi connectivity index (χ3n) is 9.96. The number of aromatic amines is 1. The van der Waals surface area contributed by atoms with E-state index in [1.54, 1.807) is 124 Å². The van der Waals surface area contributed by atoms with Crippen molar-refractivity contribution in [2.75, 3.05) is 14.2 Å². The lowest BCUT2D eigenvalue weighted by Crippen LogP contribution is -2.14. The topological polar surface area (TPSA) is 137 Å². The van der Waals surface area contributed by atoms with Crippen LogP contribution in [0.1, 0.15) is 11.1 Å². The van der Waals surface area contributed by atoms with E-state index in [-0.39, 0.29) is 49.0 Å². The molecule has 0 atom stereocenters. The Kier molecular flexibility index (Phi) is 16.7. The summed E-state index contributed by atoms with van der Waals surface area (Å²) in [6.45, 7) is 3.46. The van der Waals surface area contributed by atoms with Gasteiger partial charge in [0.05, 0.1) is 25.5 Å². The molecular formula is C50H36Cl3F2N3O7S2. The second-order valence-electron chi connectivity index (χ2n) is 14.1. The summed E-state index contributed by atoms with van der Waals surface area (Å²) in [4.78, 5) is 36.9. The lowest BCUT2D eigenvalue weighted by molar-refractivity contribution is 0.313. The second kappa shape index (κ2) is 22.6. The van der Waals surface area contributed by atoms with E-state index in [2.05, 4.69) is 31.9 Å². The number of ether oxygens (including phenoxy) is 3. The average Bonchev–Trinajstić information content (AvgIpc) is 3.33. The number of methoxy groups -OCH3 is 2. The quantitative estimate of drug-likeness (QED) is 0.117. The van der Waals surface area contributed by atoms with Crippen LogP contribution in [-0.4, -0.2) is 44.0 Å². The van der Waals surface area contributed by atoms with Crippen LogP contribution in [0.2, 0.25) is 10.0 Å². The van der Waals surface area contributed by atoms with Crippen LogP contribution in [0.25, 0.3) is 67.1 Å². The number of hydrogen-bond acceptors (Lipinski definition) is 11. The summed E-state index contributed by atoms with van der Waals surface area (Å²) in [5, 5.41) is 11.2. The first-order valence-electron chi connectivity index (χ1n) is 19.7. The first-order valence-corrected chi connectivity index (χ1v) is 21.6. The summed E-state index contributed by atoms with van der Waals surface area (Å²) in [5.41, 5.74) is 5.84. The molecule has 0 aliphatic rings. The Labute approximate surface area is 408 Å². The summed E-state index contributed by atoms with van der Waals surface area (Å²) in [7, 11) is 2.80. The van der Waals surface area contributed by atoms with Crippen molar-refractivity contribution in [1.29, 1.82) is 0 Å². The van der Waals surface area contributed by atoms with Crippen molar-refractivity contribution >= 4 is 69.0 Å². The van der Waals surface area contributed by atoms with Crippen molar-refractivity contribution in [3.63, 3.8) is 0 Å². The van der Waals surface area contributed by atoms with E-state index in [1.807, 2.05) is 0 Å². The Balaban J connectivity index is 0.000000202. The minimum absolute atomic E-state index is 0.0602. The molecule has 0 bridgehead atoms. The van der Waals surface area contributed by atoms with Crippen LogP contribution in [0.4, 0.5) is 8.78 Å². The maximum Gasteiger partial charge on any atom is 0.357 e. The number of H-pyrrole nitrogens is 1. The van der Waals surface area contributed by atoms with E-state index in [1.165, 1.54) is 38.5 Å². The molecule has 0 saturated heterocycles. The van der Waals surface area contributed by atoms with E-state index < -0.39 is 11.2 Å². The standard InChI is InChI=1S/C25H17ClFNO4S.C23H16ClFN2O2.C2H3ClOS/c1-14-22(17-4-3-11-28-13-17)31-24(29)21(23(14)32-25(33)30-2)19-10-7-16(12-20(19)26)15-5-8-18(27)9-6-15;1-13-21(16-3-2-10-26-12-16)27-23(29)20(22(13)28)18-9-6-15(11-19(18)24)14-4-7-17(25)8-5-14;1-4-2(3)5/h3-13H,1-2H3;2-12H,1H3,(H2,27,28,29);1H3. The normalized spacial score (nSPS) is 10.5. The van der Waals surface area contributed by atoms with Crippen molar-refractivity contribution in [2.45, 2.75) is 13.8 Å². The number of aromatic nitrogens is 3. The minimum atomic E-state index is -0.662. The average molecular weight is 999 g/mol. The van der Waals surface area contributed by atoms with Crippen LogP contribution in [0.15, 0.2) is 148 Å². The molecule has 0 spiro atoms. The number of thiocarbonyl (C=S) groups is 2. The zero-order valence-corrected chi connectivity index (χ0v) is 39.6. The fraction of sp³-hybridized carbons (Fsp3) is 0.0800. The Morgan fingerprint density at radius 2 is 1.15 bits per heavy atom. The maximum atomic E-state index is 13.3. The van der Waals surface area contributed by atoms with Crippen LogP contribution in [0, 0.1) is 25.5 Å². The van der Waals surface area contributed by atoms with Crippen molar-refractivity contribution in [1.82, 2.24) is 15.0 Å². The van der Waals surface area contributed by atoms with E-state index in [4.69, 9.17) is 60.9 Å². The smallest absolute Gasteiger partial charge is 0.357 e. The zero-order chi connectivity index (χ0) is 48.4. The molecule has 4 heterocycles. The van der Waals surface area contributed by atoms with E-state index >= 15 is 0 Å². The third-order valence-corrected chi connectivity index (χ3v) is 11.2. The van der Waals surface area contributed by atoms with Gasteiger partial charge in [-0.1, -0.05) is 71.7 Å². The molecule has 0 amide bonds. The molecule has 0 aliphatic carbocycles. The number of pyridine rings is 3. The van der Waals surface area contributed by atoms with Gasteiger partial charge in [0.2, 0.25) is 0 Å². The van der Waals surface area contributed by atoms with Gasteiger partial charge < -0.3 is 28.7 Å². The number of nitrogens with zero attached hydrogens (tertiary/aromatic N) is 2. The highest BCUT2D eigenvalue weighted by atomic mass is 35.5. The van der Waals surface area contributed by atoms with E-state index in [9.17, 15) is 23.5 Å². The monoisotopic (exact) mass is 997 g/mol. The summed E-state index contributed by atoms with van der Waals surface area (Å²) in [5.74, 6) is -0.321. The van der Waals surface area contributed by atoms with Gasteiger partial charge in [0.15, 0.2) is 5.75 Å². The van der Waals surface area contributed by atoms with Gasteiger partial charge in [0, 0.05) is 80.4 Å². The minimum Gasteiger partial charge on any atom is -0.507 e. The number of nitrogens with one attached hydrogen (secondary N) is 1. The Morgan fingerprint density at radius 1 is 0.672 bits per heavy atom. The predicted octanol–water partition coefficient (Wildman–Crippen LogP) is 13.2. The highest BCUT2D eigenvalue weighted by molar-refractivity contribution is 7.82. The molecule has 0 unspecified atom stereocenters. The Hall–Kier alpha value is -6.81. The molecular weight excluding hydrogens is 963 g/mol. The SMILES string of the molecule is COC(=S)Cl.COC(=S)Oc1c(C)c(-c2cccnc2)oc(=O)c1-c1ccc(-c2ccc(F)cc2)cc1Cl.Cc1c(-c2cccnc2)[nH]c(=O)c(-c2ccc(-c3ccc(F)cc3)cc2Cl)c1O. The van der Waals surface area contributed by atoms with Crippen molar-refractivity contribution < 1.29 is 32.5 Å². The number of rotatable bonds is 7. The second-order valence-corrected chi connectivity index (χ2v) is 16.2. The van der Waals surface area contributed by atoms with Gasteiger partial charge >= 0.3 is 10.9 Å². The first-order chi connectivity index (χ1) is 32.1. The Bertz CT molecular complexity index is 3200. The van der Waals surface area contributed by atoms with Gasteiger partial charge in [0.1, 0.15) is 28.7 Å². The van der Waals surface area contributed by atoms with Gasteiger partial charge in [-0.15, -0.1) is 0 Å². The molecule has 8 rings (SSSR count). The van der Waals surface area contributed by atoms with Crippen LogP contribution in [-0.2, 0) is 9.47 Å². The fourth-order valence-corrected chi connectivity index (χ4v) is 7.31. The van der Waals surface area contributed by atoms with E-state index in [0.717, 1.165) is 22.3 Å². The third kappa shape index (κ3) is 12.0. The molecule has 67 heavy (non-hydrogen) atoms. The highest BCUT2D eigenvalue weighted by Gasteiger charge is 2.25. The van der Waals surface area contributed by atoms with E-state index in [0.29, 0.717) is 49.9 Å². The summed E-state index contributed by atoms with van der Waals surface area (Å²) in [6.07, 6.45) is 6.44. The van der Waals surface area contributed by atoms with Gasteiger partial charge in [-0.25, -0.2) is 13.6 Å². The Morgan fingerprint density at radius 3 is 1.60 bits per heavy atom. The molecule has 4 aromatic heterocycles. The molecule has 4 aromatic carbocycles. The molecule has 0 aliphatic heterocycles. The number of benzene rings is 4. The number of halogens is 5. The zero-order valence-electron chi connectivity index (χ0n) is 35.7. The van der Waals surface area contributed by atoms with Crippen LogP contribution in [0.3, 0.4) is 0 Å². The molecule has 10 nitrogen and oxygen atoms in total. The fourth-order valence-electron chi connectivity index (χ4n) is 6.67. The molecule has 17 heteroatoms. The van der Waals surface area contributed by atoms with Gasteiger partial charge in [0.25, 0.3) is 10.1 Å². The summed E-state index contributed by atoms with van der Waals surface area (Å²) >= 11 is 27.3. The molecule has 340 valence electrons.